The molecule has 2 heterocycles. The minimum absolute atomic E-state index is 0.0506. The van der Waals surface area contributed by atoms with Crippen LogP contribution in [0.3, 0.4) is 0 Å². The van der Waals surface area contributed by atoms with E-state index in [1.165, 1.54) is 12.5 Å². The Kier molecular flexibility index (Phi) is 3.16. The number of rotatable bonds is 1. The summed E-state index contributed by atoms with van der Waals surface area (Å²) in [5.41, 5.74) is 0.286. The third-order valence-electron chi connectivity index (χ3n) is 4.38. The van der Waals surface area contributed by atoms with Crippen LogP contribution in [0.2, 0.25) is 0 Å². The third kappa shape index (κ3) is 2.37. The number of amides is 1. The molecule has 106 valence electrons. The fraction of sp³-hybridized carbons (Fsp3) is 0.571. The standard InChI is InChI=1S/C14H17N3O3/c18-10-5-11(19)7-14(6-10)1-3-17(4-2-14)13(20)12-8-15-9-16-12/h8-9H,1-7H2,(H,15,16). The lowest BCUT2D eigenvalue weighted by molar-refractivity contribution is -0.135. The molecule has 0 bridgehead atoms. The molecule has 1 aromatic heterocycles. The molecule has 6 nitrogen and oxygen atoms in total. The van der Waals surface area contributed by atoms with Gasteiger partial charge in [0.15, 0.2) is 0 Å². The molecule has 1 saturated carbocycles. The summed E-state index contributed by atoms with van der Waals surface area (Å²) in [5, 5.41) is 0. The normalized spacial score (nSPS) is 22.3. The molecule has 1 aliphatic heterocycles. The molecule has 20 heavy (non-hydrogen) atoms. The Morgan fingerprint density at radius 2 is 1.85 bits per heavy atom. The van der Waals surface area contributed by atoms with Gasteiger partial charge < -0.3 is 9.88 Å². The Labute approximate surface area is 116 Å². The van der Waals surface area contributed by atoms with Gasteiger partial charge in [0.05, 0.1) is 18.9 Å². The summed E-state index contributed by atoms with van der Waals surface area (Å²) in [6.45, 7) is 1.19. The summed E-state index contributed by atoms with van der Waals surface area (Å²) in [4.78, 5) is 43.9. The monoisotopic (exact) mass is 275 g/mol. The number of aromatic nitrogens is 2. The van der Waals surface area contributed by atoms with Gasteiger partial charge in [-0.05, 0) is 18.3 Å². The van der Waals surface area contributed by atoms with E-state index in [1.54, 1.807) is 4.90 Å². The predicted molar refractivity (Wildman–Crippen MR) is 70.0 cm³/mol. The number of nitrogens with one attached hydrogen (secondary N) is 1. The number of hydrogen-bond acceptors (Lipinski definition) is 4. The Morgan fingerprint density at radius 3 is 2.40 bits per heavy atom. The zero-order chi connectivity index (χ0) is 14.2. The SMILES string of the molecule is O=C1CC(=O)CC2(CCN(C(=O)c3cnc[nH]3)CC2)C1. The average molecular weight is 275 g/mol. The van der Waals surface area contributed by atoms with Crippen LogP contribution in [-0.4, -0.2) is 45.4 Å². The van der Waals surface area contributed by atoms with Crippen molar-refractivity contribution in [3.8, 4) is 0 Å². The number of imidazole rings is 1. The first kappa shape index (κ1) is 13.0. The second-order valence-electron chi connectivity index (χ2n) is 5.87. The molecule has 1 aliphatic carbocycles. The lowest BCUT2D eigenvalue weighted by Crippen LogP contribution is -2.46. The van der Waals surface area contributed by atoms with Crippen molar-refractivity contribution in [2.24, 2.45) is 5.41 Å². The van der Waals surface area contributed by atoms with Gasteiger partial charge in [-0.2, -0.15) is 0 Å². The van der Waals surface area contributed by atoms with E-state index in [1.807, 2.05) is 0 Å². The first-order valence-corrected chi connectivity index (χ1v) is 6.89. The first-order valence-electron chi connectivity index (χ1n) is 6.89. The van der Waals surface area contributed by atoms with Gasteiger partial charge in [-0.25, -0.2) is 4.98 Å². The Hall–Kier alpha value is -1.98. The van der Waals surface area contributed by atoms with E-state index in [-0.39, 0.29) is 29.3 Å². The summed E-state index contributed by atoms with van der Waals surface area (Å²) in [6, 6.07) is 0. The van der Waals surface area contributed by atoms with E-state index in [9.17, 15) is 14.4 Å². The number of hydrogen-bond donors (Lipinski definition) is 1. The van der Waals surface area contributed by atoms with E-state index < -0.39 is 0 Å². The van der Waals surface area contributed by atoms with Gasteiger partial charge in [-0.15, -0.1) is 0 Å². The van der Waals surface area contributed by atoms with Crippen LogP contribution in [0.15, 0.2) is 12.5 Å². The highest BCUT2D eigenvalue weighted by atomic mass is 16.2. The molecule has 2 fully saturated rings. The molecule has 6 heteroatoms. The lowest BCUT2D eigenvalue weighted by Gasteiger charge is -2.42. The summed E-state index contributed by atoms with van der Waals surface area (Å²) >= 11 is 0. The van der Waals surface area contributed by atoms with E-state index in [4.69, 9.17) is 0 Å². The molecule has 1 N–H and O–H groups in total. The number of aromatic amines is 1. The number of H-pyrrole nitrogens is 1. The van der Waals surface area contributed by atoms with Crippen molar-refractivity contribution in [2.45, 2.75) is 32.1 Å². The van der Waals surface area contributed by atoms with Crippen molar-refractivity contribution < 1.29 is 14.4 Å². The second kappa shape index (κ2) is 4.85. The fourth-order valence-corrected chi connectivity index (χ4v) is 3.32. The molecule has 1 aromatic rings. The van der Waals surface area contributed by atoms with E-state index in [2.05, 4.69) is 9.97 Å². The van der Waals surface area contributed by atoms with E-state index in [0.717, 1.165) is 12.8 Å². The smallest absolute Gasteiger partial charge is 0.271 e. The van der Waals surface area contributed by atoms with Crippen LogP contribution in [0.1, 0.15) is 42.6 Å². The molecular formula is C14H17N3O3. The fourth-order valence-electron chi connectivity index (χ4n) is 3.32. The summed E-state index contributed by atoms with van der Waals surface area (Å²) < 4.78 is 0. The second-order valence-corrected chi connectivity index (χ2v) is 5.87. The molecule has 3 rings (SSSR count). The maximum atomic E-state index is 12.2. The van der Waals surface area contributed by atoms with Crippen molar-refractivity contribution in [1.82, 2.24) is 14.9 Å². The highest BCUT2D eigenvalue weighted by Gasteiger charge is 2.42. The minimum atomic E-state index is -0.197. The molecule has 0 unspecified atom stereocenters. The maximum Gasteiger partial charge on any atom is 0.271 e. The Morgan fingerprint density at radius 1 is 1.20 bits per heavy atom. The Balaban J connectivity index is 1.66. The zero-order valence-electron chi connectivity index (χ0n) is 11.2. The number of nitrogens with zero attached hydrogens (tertiary/aromatic N) is 2. The topological polar surface area (TPSA) is 83.1 Å². The van der Waals surface area contributed by atoms with Crippen molar-refractivity contribution in [1.29, 1.82) is 0 Å². The van der Waals surface area contributed by atoms with Crippen LogP contribution in [0.25, 0.3) is 0 Å². The predicted octanol–water partition coefficient (Wildman–Crippen LogP) is 0.954. The maximum absolute atomic E-state index is 12.2. The summed E-state index contributed by atoms with van der Waals surface area (Å²) in [7, 11) is 0. The zero-order valence-corrected chi connectivity index (χ0v) is 11.2. The van der Waals surface area contributed by atoms with Gasteiger partial charge >= 0.3 is 0 Å². The van der Waals surface area contributed by atoms with Crippen LogP contribution in [0.5, 0.6) is 0 Å². The van der Waals surface area contributed by atoms with Crippen LogP contribution in [0, 0.1) is 5.41 Å². The molecule has 2 aliphatic rings. The van der Waals surface area contributed by atoms with Gasteiger partial charge in [-0.1, -0.05) is 0 Å². The average Bonchev–Trinajstić information content (AvgIpc) is 2.91. The number of piperidine rings is 1. The molecule has 0 radical (unpaired) electrons. The van der Waals surface area contributed by atoms with Crippen LogP contribution >= 0.6 is 0 Å². The van der Waals surface area contributed by atoms with Crippen molar-refractivity contribution in [2.75, 3.05) is 13.1 Å². The molecule has 0 atom stereocenters. The van der Waals surface area contributed by atoms with Crippen molar-refractivity contribution in [3.63, 3.8) is 0 Å². The lowest BCUT2D eigenvalue weighted by atomic mass is 9.67. The first-order chi connectivity index (χ1) is 9.58. The van der Waals surface area contributed by atoms with Crippen molar-refractivity contribution in [3.05, 3.63) is 18.2 Å². The minimum Gasteiger partial charge on any atom is -0.341 e. The molecule has 1 saturated heterocycles. The number of ketones is 2. The molecule has 1 spiro atoms. The number of likely N-dealkylation sites (tertiary alicyclic amines) is 1. The third-order valence-corrected chi connectivity index (χ3v) is 4.38. The largest absolute Gasteiger partial charge is 0.341 e. The summed E-state index contributed by atoms with van der Waals surface area (Å²) in [6.07, 6.45) is 5.53. The van der Waals surface area contributed by atoms with Crippen LogP contribution in [0.4, 0.5) is 0 Å². The van der Waals surface area contributed by atoms with Gasteiger partial charge in [0.25, 0.3) is 5.91 Å². The van der Waals surface area contributed by atoms with Crippen molar-refractivity contribution >= 4 is 17.5 Å². The van der Waals surface area contributed by atoms with Crippen LogP contribution < -0.4 is 0 Å². The molecule has 0 aromatic carbocycles. The number of carbonyl (C=O) groups is 3. The number of Topliss-reactive ketones (excluding diaryl/α,β-unsaturated/α-hetero) is 2. The van der Waals surface area contributed by atoms with Gasteiger partial charge in [-0.3, -0.25) is 14.4 Å². The van der Waals surface area contributed by atoms with Crippen LogP contribution in [-0.2, 0) is 9.59 Å². The van der Waals surface area contributed by atoms with E-state index >= 15 is 0 Å². The quantitative estimate of drug-likeness (QED) is 0.774. The molecule has 1 amide bonds. The Bertz CT molecular complexity index is 524. The van der Waals surface area contributed by atoms with Gasteiger partial charge in [0.1, 0.15) is 17.3 Å². The molecular weight excluding hydrogens is 258 g/mol. The summed E-state index contributed by atoms with van der Waals surface area (Å²) in [5.74, 6) is 0.0370. The highest BCUT2D eigenvalue weighted by molar-refractivity contribution is 6.02. The van der Waals surface area contributed by atoms with E-state index in [0.29, 0.717) is 31.6 Å². The highest BCUT2D eigenvalue weighted by Crippen LogP contribution is 2.42. The van der Waals surface area contributed by atoms with Gasteiger partial charge in [0, 0.05) is 25.9 Å². The van der Waals surface area contributed by atoms with Gasteiger partial charge in [0.2, 0.25) is 0 Å². The number of carbonyl (C=O) groups excluding carboxylic acids is 3.